The van der Waals surface area contributed by atoms with Crippen molar-refractivity contribution in [1.29, 1.82) is 0 Å². The van der Waals surface area contributed by atoms with Gasteiger partial charge in [-0.25, -0.2) is 0 Å². The first-order valence-corrected chi connectivity index (χ1v) is 16.1. The van der Waals surface area contributed by atoms with Gasteiger partial charge in [0.2, 0.25) is 0 Å². The second-order valence-corrected chi connectivity index (χ2v) is 17.8. The molecule has 5 fully saturated rings. The molecule has 1 N–H and O–H groups in total. The van der Waals surface area contributed by atoms with E-state index in [1.54, 1.807) is 0 Å². The van der Waals surface area contributed by atoms with Crippen LogP contribution in [-0.4, -0.2) is 39.1 Å². The van der Waals surface area contributed by atoms with Crippen LogP contribution in [0, 0.1) is 23.7 Å². The summed E-state index contributed by atoms with van der Waals surface area (Å²) in [4.78, 5) is 13.1. The molecule has 1 saturated heterocycles. The van der Waals surface area contributed by atoms with Gasteiger partial charge in [0, 0.05) is 6.61 Å². The predicted molar refractivity (Wildman–Crippen MR) is 129 cm³/mol. The molecule has 4 nitrogen and oxygen atoms in total. The standard InChI is InChI=1S/C26H47NO3Si/c1-25(2,3)31(4,5)29-12-6-7-19-8-9-23(27-11-10-19)24(28)30-26-16-20-13-21(17-26)15-22(14-20)18-26/h19-23,27H,6-18H2,1-5H3/t19-,20?,21?,22?,23-,26?/m0/s1. The fourth-order valence-electron chi connectivity index (χ4n) is 6.96. The number of esters is 1. The Morgan fingerprint density at radius 2 is 1.61 bits per heavy atom. The van der Waals surface area contributed by atoms with Gasteiger partial charge in [-0.15, -0.1) is 0 Å². The summed E-state index contributed by atoms with van der Waals surface area (Å²) in [5, 5.41) is 3.81. The molecule has 1 aliphatic heterocycles. The highest BCUT2D eigenvalue weighted by atomic mass is 28.4. The van der Waals surface area contributed by atoms with Gasteiger partial charge in [-0.2, -0.15) is 0 Å². The van der Waals surface area contributed by atoms with Crippen molar-refractivity contribution < 1.29 is 14.0 Å². The predicted octanol–water partition coefficient (Wildman–Crippen LogP) is 6.06. The molecule has 4 saturated carbocycles. The molecule has 0 amide bonds. The van der Waals surface area contributed by atoms with E-state index in [1.807, 2.05) is 0 Å². The largest absolute Gasteiger partial charge is 0.458 e. The van der Waals surface area contributed by atoms with Crippen LogP contribution in [0.5, 0.6) is 0 Å². The number of nitrogens with one attached hydrogen (secondary N) is 1. The van der Waals surface area contributed by atoms with Gasteiger partial charge in [0.25, 0.3) is 0 Å². The summed E-state index contributed by atoms with van der Waals surface area (Å²) in [6, 6.07) is -0.0958. The maximum Gasteiger partial charge on any atom is 0.323 e. The lowest BCUT2D eigenvalue weighted by atomic mass is 9.54. The minimum absolute atomic E-state index is 0.0452. The van der Waals surface area contributed by atoms with Gasteiger partial charge in [0.15, 0.2) is 8.32 Å². The topological polar surface area (TPSA) is 47.6 Å². The third-order valence-electron chi connectivity index (χ3n) is 9.42. The van der Waals surface area contributed by atoms with Crippen LogP contribution >= 0.6 is 0 Å². The minimum Gasteiger partial charge on any atom is -0.458 e. The Bertz CT molecular complexity index is 606. The number of carbonyl (C=O) groups is 1. The van der Waals surface area contributed by atoms with E-state index < -0.39 is 8.32 Å². The highest BCUT2D eigenvalue weighted by molar-refractivity contribution is 6.74. The normalized spacial score (nSPS) is 38.2. The van der Waals surface area contributed by atoms with Crippen molar-refractivity contribution in [2.24, 2.45) is 23.7 Å². The van der Waals surface area contributed by atoms with Gasteiger partial charge in [0.05, 0.1) is 0 Å². The van der Waals surface area contributed by atoms with Crippen LogP contribution in [0.2, 0.25) is 18.1 Å². The summed E-state index contributed by atoms with van der Waals surface area (Å²) in [7, 11) is -1.64. The van der Waals surface area contributed by atoms with Crippen LogP contribution in [0.3, 0.4) is 0 Å². The van der Waals surface area contributed by atoms with Crippen LogP contribution in [-0.2, 0) is 14.0 Å². The average Bonchev–Trinajstić information content (AvgIpc) is 2.88. The number of hydrogen-bond acceptors (Lipinski definition) is 4. The summed E-state index contributed by atoms with van der Waals surface area (Å²) in [5.41, 5.74) is -0.111. The lowest BCUT2D eigenvalue weighted by molar-refractivity contribution is -0.188. The third-order valence-corrected chi connectivity index (χ3v) is 14.0. The highest BCUT2D eigenvalue weighted by Crippen LogP contribution is 2.57. The van der Waals surface area contributed by atoms with Crippen molar-refractivity contribution in [2.45, 2.75) is 121 Å². The second kappa shape index (κ2) is 9.10. The molecular weight excluding hydrogens is 402 g/mol. The molecule has 0 unspecified atom stereocenters. The van der Waals surface area contributed by atoms with E-state index in [2.05, 4.69) is 39.2 Å². The van der Waals surface area contributed by atoms with Crippen LogP contribution in [0.25, 0.3) is 0 Å². The number of rotatable bonds is 7. The molecular formula is C26H47NO3Si. The molecule has 178 valence electrons. The lowest BCUT2D eigenvalue weighted by Gasteiger charge is -2.55. The summed E-state index contributed by atoms with van der Waals surface area (Å²) in [6.07, 6.45) is 13.1. The summed E-state index contributed by atoms with van der Waals surface area (Å²) < 4.78 is 12.7. The molecule has 31 heavy (non-hydrogen) atoms. The van der Waals surface area contributed by atoms with Crippen LogP contribution in [0.1, 0.15) is 91.4 Å². The smallest absolute Gasteiger partial charge is 0.323 e. The Balaban J connectivity index is 1.20. The van der Waals surface area contributed by atoms with E-state index in [1.165, 1.54) is 32.1 Å². The second-order valence-electron chi connectivity index (χ2n) is 13.0. The first-order chi connectivity index (χ1) is 14.6. The molecule has 0 aromatic carbocycles. The fourth-order valence-corrected chi connectivity index (χ4v) is 8.04. The van der Waals surface area contributed by atoms with Crippen LogP contribution in [0.15, 0.2) is 0 Å². The Hall–Kier alpha value is -0.393. The monoisotopic (exact) mass is 449 g/mol. The van der Waals surface area contributed by atoms with E-state index in [0.717, 1.165) is 69.4 Å². The molecule has 0 radical (unpaired) electrons. The molecule has 0 spiro atoms. The van der Waals surface area contributed by atoms with Crippen molar-refractivity contribution >= 4 is 14.3 Å². The van der Waals surface area contributed by atoms with Gasteiger partial charge in [-0.3, -0.25) is 4.79 Å². The quantitative estimate of drug-likeness (QED) is 0.292. The Morgan fingerprint density at radius 1 is 1.00 bits per heavy atom. The number of ether oxygens (including phenoxy) is 1. The van der Waals surface area contributed by atoms with Gasteiger partial charge >= 0.3 is 5.97 Å². The third kappa shape index (κ3) is 5.58. The van der Waals surface area contributed by atoms with Crippen molar-refractivity contribution in [3.8, 4) is 0 Å². The minimum atomic E-state index is -1.64. The maximum atomic E-state index is 13.1. The number of carbonyl (C=O) groups excluding carboxylic acids is 1. The molecule has 5 rings (SSSR count). The average molecular weight is 450 g/mol. The summed E-state index contributed by atoms with van der Waals surface area (Å²) in [6.45, 7) is 13.4. The Kier molecular flexibility index (Phi) is 6.97. The fraction of sp³-hybridized carbons (Fsp3) is 0.962. The SMILES string of the molecule is CC(C)(C)[Si](C)(C)OCCC[C@@H]1CCN[C@H](C(=O)OC23CC4CC(CC(C4)C2)C3)CC1. The maximum absolute atomic E-state index is 13.1. The molecule has 0 aromatic rings. The van der Waals surface area contributed by atoms with E-state index in [-0.39, 0.29) is 22.7 Å². The van der Waals surface area contributed by atoms with E-state index in [4.69, 9.17) is 9.16 Å². The van der Waals surface area contributed by atoms with Crippen molar-refractivity contribution in [3.63, 3.8) is 0 Å². The molecule has 4 aliphatic carbocycles. The van der Waals surface area contributed by atoms with E-state index >= 15 is 0 Å². The zero-order valence-corrected chi connectivity index (χ0v) is 21.8. The van der Waals surface area contributed by atoms with Gasteiger partial charge in [-0.1, -0.05) is 20.8 Å². The zero-order valence-electron chi connectivity index (χ0n) is 20.8. The van der Waals surface area contributed by atoms with Gasteiger partial charge < -0.3 is 14.5 Å². The molecule has 5 heteroatoms. The lowest BCUT2D eigenvalue weighted by Crippen LogP contribution is -2.54. The first-order valence-electron chi connectivity index (χ1n) is 13.2. The highest BCUT2D eigenvalue weighted by Gasteiger charge is 2.53. The Labute approximate surface area is 191 Å². The van der Waals surface area contributed by atoms with Gasteiger partial charge in [0.1, 0.15) is 11.6 Å². The van der Waals surface area contributed by atoms with Crippen LogP contribution < -0.4 is 5.32 Å². The zero-order chi connectivity index (χ0) is 22.3. The summed E-state index contributed by atoms with van der Waals surface area (Å²) in [5.74, 6) is 3.20. The first kappa shape index (κ1) is 23.8. The summed E-state index contributed by atoms with van der Waals surface area (Å²) >= 11 is 0. The number of hydrogen-bond donors (Lipinski definition) is 1. The molecule has 1 heterocycles. The van der Waals surface area contributed by atoms with Crippen LogP contribution in [0.4, 0.5) is 0 Å². The van der Waals surface area contributed by atoms with Crippen molar-refractivity contribution in [1.82, 2.24) is 5.32 Å². The van der Waals surface area contributed by atoms with Crippen molar-refractivity contribution in [2.75, 3.05) is 13.2 Å². The molecule has 5 aliphatic rings. The Morgan fingerprint density at radius 3 is 2.19 bits per heavy atom. The van der Waals surface area contributed by atoms with E-state index in [9.17, 15) is 4.79 Å². The molecule has 4 bridgehead atoms. The molecule has 0 aromatic heterocycles. The van der Waals surface area contributed by atoms with Crippen molar-refractivity contribution in [3.05, 3.63) is 0 Å². The molecule has 2 atom stereocenters. The van der Waals surface area contributed by atoms with E-state index in [0.29, 0.717) is 5.92 Å². The van der Waals surface area contributed by atoms with Gasteiger partial charge in [-0.05, 0) is 119 Å².